The predicted molar refractivity (Wildman–Crippen MR) is 117 cm³/mol. The highest BCUT2D eigenvalue weighted by atomic mass is 127. The van der Waals surface area contributed by atoms with Crippen LogP contribution in [-0.4, -0.2) is 45.4 Å². The van der Waals surface area contributed by atoms with Crippen molar-refractivity contribution < 1.29 is 9.47 Å². The van der Waals surface area contributed by atoms with Gasteiger partial charge in [0.15, 0.2) is 5.96 Å². The quantitative estimate of drug-likeness (QED) is 0.343. The summed E-state index contributed by atoms with van der Waals surface area (Å²) >= 11 is 0. The number of aromatic nitrogens is 1. The van der Waals surface area contributed by atoms with Gasteiger partial charge in [0.2, 0.25) is 0 Å². The lowest BCUT2D eigenvalue weighted by atomic mass is 9.67. The van der Waals surface area contributed by atoms with Crippen LogP contribution in [0.4, 0.5) is 0 Å². The van der Waals surface area contributed by atoms with Crippen molar-refractivity contribution in [3.8, 4) is 5.75 Å². The van der Waals surface area contributed by atoms with Crippen molar-refractivity contribution in [3.05, 3.63) is 23.0 Å². The predicted octanol–water partition coefficient (Wildman–Crippen LogP) is 3.20. The molecule has 0 aromatic carbocycles. The number of aliphatic imine (C=N–C) groups is 1. The number of nitrogens with zero attached hydrogens (tertiary/aromatic N) is 2. The molecule has 1 aliphatic carbocycles. The third kappa shape index (κ3) is 5.70. The first kappa shape index (κ1) is 23.0. The molecule has 1 saturated carbocycles. The van der Waals surface area contributed by atoms with E-state index in [0.717, 1.165) is 48.1 Å². The molecule has 7 heteroatoms. The number of ether oxygens (including phenoxy) is 2. The number of methoxy groups -OCH3 is 2. The van der Waals surface area contributed by atoms with Crippen LogP contribution in [0.5, 0.6) is 5.75 Å². The molecule has 0 unspecified atom stereocenters. The summed E-state index contributed by atoms with van der Waals surface area (Å²) in [4.78, 5) is 8.87. The summed E-state index contributed by atoms with van der Waals surface area (Å²) in [5.41, 5.74) is 3.45. The topological polar surface area (TPSA) is 67.8 Å². The van der Waals surface area contributed by atoms with Crippen molar-refractivity contribution >= 4 is 29.9 Å². The Bertz CT molecular complexity index is 603. The Morgan fingerprint density at radius 2 is 2.00 bits per heavy atom. The van der Waals surface area contributed by atoms with E-state index < -0.39 is 0 Å². The summed E-state index contributed by atoms with van der Waals surface area (Å²) in [5.74, 6) is 1.71. The Morgan fingerprint density at radius 1 is 1.27 bits per heavy atom. The monoisotopic (exact) mass is 476 g/mol. The zero-order chi connectivity index (χ0) is 18.3. The van der Waals surface area contributed by atoms with Gasteiger partial charge in [0.25, 0.3) is 0 Å². The van der Waals surface area contributed by atoms with E-state index in [0.29, 0.717) is 12.0 Å². The minimum atomic E-state index is 0. The third-order valence-electron chi connectivity index (χ3n) is 5.28. The van der Waals surface area contributed by atoms with Crippen LogP contribution in [0.15, 0.2) is 11.2 Å². The van der Waals surface area contributed by atoms with E-state index in [1.165, 1.54) is 19.3 Å². The molecule has 1 aliphatic rings. The van der Waals surface area contributed by atoms with Crippen LogP contribution in [0.1, 0.15) is 42.5 Å². The van der Waals surface area contributed by atoms with Crippen molar-refractivity contribution in [1.82, 2.24) is 15.6 Å². The fraction of sp³-hybridized carbons (Fsp3) is 0.684. The molecule has 0 amide bonds. The standard InChI is InChI=1S/C19H32N4O2.HI/c1-14-11-21-16(15(2)17(14)25-5)12-22-18(20-3)23-13-19(7-6-8-19)9-10-24-4;/h11H,6-10,12-13H2,1-5H3,(H2,20,22,23);1H. The Hall–Kier alpha value is -1.09. The highest BCUT2D eigenvalue weighted by Crippen LogP contribution is 2.43. The van der Waals surface area contributed by atoms with Gasteiger partial charge in [-0.1, -0.05) is 6.42 Å². The summed E-state index contributed by atoms with van der Waals surface area (Å²) in [6.45, 7) is 6.42. The smallest absolute Gasteiger partial charge is 0.191 e. The summed E-state index contributed by atoms with van der Waals surface area (Å²) in [5, 5.41) is 6.84. The van der Waals surface area contributed by atoms with E-state index in [1.54, 1.807) is 21.3 Å². The minimum absolute atomic E-state index is 0. The SMILES string of the molecule is CN=C(NCc1ncc(C)c(OC)c1C)NCC1(CCOC)CCC1.I. The molecule has 0 atom stereocenters. The fourth-order valence-corrected chi connectivity index (χ4v) is 3.42. The minimum Gasteiger partial charge on any atom is -0.496 e. The van der Waals surface area contributed by atoms with E-state index in [2.05, 4.69) is 20.6 Å². The van der Waals surface area contributed by atoms with Crippen molar-refractivity contribution in [1.29, 1.82) is 0 Å². The average Bonchev–Trinajstić information content (AvgIpc) is 2.58. The number of rotatable bonds is 8. The number of nitrogens with one attached hydrogen (secondary N) is 2. The molecule has 1 aromatic rings. The number of aryl methyl sites for hydroxylation is 1. The van der Waals surface area contributed by atoms with E-state index in [-0.39, 0.29) is 24.0 Å². The average molecular weight is 476 g/mol. The molecule has 2 N–H and O–H groups in total. The lowest BCUT2D eigenvalue weighted by Crippen LogP contribution is -2.46. The first-order chi connectivity index (χ1) is 12.0. The van der Waals surface area contributed by atoms with Gasteiger partial charge in [-0.05, 0) is 38.5 Å². The van der Waals surface area contributed by atoms with Crippen LogP contribution in [0.3, 0.4) is 0 Å². The normalized spacial score (nSPS) is 15.7. The molecule has 1 aromatic heterocycles. The first-order valence-corrected chi connectivity index (χ1v) is 8.98. The summed E-state index contributed by atoms with van der Waals surface area (Å²) in [6, 6.07) is 0. The molecule has 148 valence electrons. The van der Waals surface area contributed by atoms with E-state index in [1.807, 2.05) is 20.0 Å². The van der Waals surface area contributed by atoms with Crippen LogP contribution in [-0.2, 0) is 11.3 Å². The zero-order valence-corrected chi connectivity index (χ0v) is 19.0. The highest BCUT2D eigenvalue weighted by Gasteiger charge is 2.36. The zero-order valence-electron chi connectivity index (χ0n) is 16.6. The lowest BCUT2D eigenvalue weighted by Gasteiger charge is -2.42. The second kappa shape index (κ2) is 10.9. The maximum Gasteiger partial charge on any atom is 0.191 e. The molecule has 1 fully saturated rings. The van der Waals surface area contributed by atoms with Gasteiger partial charge in [0, 0.05) is 44.6 Å². The van der Waals surface area contributed by atoms with Crippen LogP contribution < -0.4 is 15.4 Å². The number of hydrogen-bond donors (Lipinski definition) is 2. The number of guanidine groups is 1. The van der Waals surface area contributed by atoms with E-state index in [4.69, 9.17) is 9.47 Å². The van der Waals surface area contributed by atoms with Crippen LogP contribution in [0.25, 0.3) is 0 Å². The molecule has 0 saturated heterocycles. The number of halogens is 1. The molecule has 6 nitrogen and oxygen atoms in total. The Morgan fingerprint density at radius 3 is 2.54 bits per heavy atom. The first-order valence-electron chi connectivity index (χ1n) is 8.98. The Kier molecular flexibility index (Phi) is 9.63. The van der Waals surface area contributed by atoms with Gasteiger partial charge < -0.3 is 20.1 Å². The second-order valence-corrected chi connectivity index (χ2v) is 6.92. The lowest BCUT2D eigenvalue weighted by molar-refractivity contribution is 0.0732. The largest absolute Gasteiger partial charge is 0.496 e. The summed E-state index contributed by atoms with van der Waals surface area (Å²) < 4.78 is 10.7. The summed E-state index contributed by atoms with van der Waals surface area (Å²) in [7, 11) is 5.27. The van der Waals surface area contributed by atoms with Crippen molar-refractivity contribution in [3.63, 3.8) is 0 Å². The van der Waals surface area contributed by atoms with Crippen LogP contribution in [0, 0.1) is 19.3 Å². The molecule has 0 spiro atoms. The molecule has 2 rings (SSSR count). The highest BCUT2D eigenvalue weighted by molar-refractivity contribution is 14.0. The van der Waals surface area contributed by atoms with Gasteiger partial charge in [0.1, 0.15) is 5.75 Å². The summed E-state index contributed by atoms with van der Waals surface area (Å²) in [6.07, 6.45) is 6.78. The molecule has 0 radical (unpaired) electrons. The van der Waals surface area contributed by atoms with E-state index in [9.17, 15) is 0 Å². The third-order valence-corrected chi connectivity index (χ3v) is 5.28. The van der Waals surface area contributed by atoms with Crippen LogP contribution >= 0.6 is 24.0 Å². The fourth-order valence-electron chi connectivity index (χ4n) is 3.42. The number of pyridine rings is 1. The van der Waals surface area contributed by atoms with Gasteiger partial charge in [-0.2, -0.15) is 0 Å². The van der Waals surface area contributed by atoms with Gasteiger partial charge in [-0.25, -0.2) is 0 Å². The maximum absolute atomic E-state index is 5.48. The molecule has 1 heterocycles. The van der Waals surface area contributed by atoms with Gasteiger partial charge in [-0.3, -0.25) is 9.98 Å². The molecule has 0 bridgehead atoms. The number of hydrogen-bond acceptors (Lipinski definition) is 4. The van der Waals surface area contributed by atoms with E-state index >= 15 is 0 Å². The Labute approximate surface area is 174 Å². The van der Waals surface area contributed by atoms with Gasteiger partial charge in [0.05, 0.1) is 19.3 Å². The van der Waals surface area contributed by atoms with Crippen molar-refractivity contribution in [2.75, 3.05) is 34.4 Å². The molecule has 0 aliphatic heterocycles. The van der Waals surface area contributed by atoms with Gasteiger partial charge in [-0.15, -0.1) is 24.0 Å². The van der Waals surface area contributed by atoms with Crippen LogP contribution in [0.2, 0.25) is 0 Å². The molecular weight excluding hydrogens is 443 g/mol. The van der Waals surface area contributed by atoms with Crippen molar-refractivity contribution in [2.24, 2.45) is 10.4 Å². The molecular formula is C19H33IN4O2. The second-order valence-electron chi connectivity index (χ2n) is 6.92. The van der Waals surface area contributed by atoms with Crippen molar-refractivity contribution in [2.45, 2.75) is 46.1 Å². The maximum atomic E-state index is 5.48. The van der Waals surface area contributed by atoms with Gasteiger partial charge >= 0.3 is 0 Å². The Balaban J connectivity index is 0.00000338. The molecule has 26 heavy (non-hydrogen) atoms.